The zero-order valence-corrected chi connectivity index (χ0v) is 20.7. The molecular formula is C24H26N4O4S2. The molecule has 8 nitrogen and oxygen atoms in total. The molecule has 178 valence electrons. The van der Waals surface area contributed by atoms with Gasteiger partial charge in [0.15, 0.2) is 0 Å². The van der Waals surface area contributed by atoms with Crippen molar-refractivity contribution in [3.63, 3.8) is 0 Å². The van der Waals surface area contributed by atoms with E-state index in [1.165, 1.54) is 4.31 Å². The van der Waals surface area contributed by atoms with Crippen LogP contribution >= 0.6 is 11.7 Å². The Kier molecular flexibility index (Phi) is 6.24. The second kappa shape index (κ2) is 9.18. The van der Waals surface area contributed by atoms with Crippen molar-refractivity contribution in [1.29, 1.82) is 0 Å². The lowest BCUT2D eigenvalue weighted by Gasteiger charge is -2.25. The van der Waals surface area contributed by atoms with Crippen LogP contribution in [0.4, 0.5) is 0 Å². The Bertz CT molecular complexity index is 1520. The summed E-state index contributed by atoms with van der Waals surface area (Å²) in [7, 11) is -3.99. The molecule has 3 heterocycles. The summed E-state index contributed by atoms with van der Waals surface area (Å²) in [6, 6.07) is 11.2. The predicted octanol–water partition coefficient (Wildman–Crippen LogP) is 3.77. The van der Waals surface area contributed by atoms with E-state index < -0.39 is 10.0 Å². The van der Waals surface area contributed by atoms with Crippen LogP contribution in [0, 0.1) is 6.92 Å². The highest BCUT2D eigenvalue weighted by molar-refractivity contribution is 7.89. The first-order valence-electron chi connectivity index (χ1n) is 11.4. The number of nitrogens with zero attached hydrogens (tertiary/aromatic N) is 3. The predicted molar refractivity (Wildman–Crippen MR) is 133 cm³/mol. The molecule has 0 aliphatic carbocycles. The van der Waals surface area contributed by atoms with Gasteiger partial charge in [0.1, 0.15) is 15.9 Å². The highest BCUT2D eigenvalue weighted by Gasteiger charge is 2.33. The molecule has 0 bridgehead atoms. The fourth-order valence-electron chi connectivity index (χ4n) is 4.48. The van der Waals surface area contributed by atoms with Crippen LogP contribution in [0.25, 0.3) is 21.9 Å². The number of ether oxygens (including phenoxy) is 1. The van der Waals surface area contributed by atoms with E-state index in [1.807, 2.05) is 18.2 Å². The first kappa shape index (κ1) is 23.1. The molecule has 5 rings (SSSR count). The lowest BCUT2D eigenvalue weighted by Crippen LogP contribution is -2.38. The van der Waals surface area contributed by atoms with E-state index in [0.29, 0.717) is 28.8 Å². The SMILES string of the molecule is CCc1ccc2[nH]c(=O)c(CN(CC3CCCO3)S(=O)(=O)c3c(C)ccc4nsnc34)cc2c1. The van der Waals surface area contributed by atoms with Gasteiger partial charge in [0, 0.05) is 30.8 Å². The zero-order valence-electron chi connectivity index (χ0n) is 19.1. The van der Waals surface area contributed by atoms with Crippen LogP contribution in [0.2, 0.25) is 0 Å². The number of hydrogen-bond donors (Lipinski definition) is 1. The van der Waals surface area contributed by atoms with Crippen molar-refractivity contribution in [2.45, 2.75) is 50.7 Å². The van der Waals surface area contributed by atoms with Crippen molar-refractivity contribution in [2.75, 3.05) is 13.2 Å². The molecule has 1 aliphatic heterocycles. The normalized spacial score (nSPS) is 16.7. The summed E-state index contributed by atoms with van der Waals surface area (Å²) in [6.45, 7) is 4.55. The number of rotatable bonds is 7. The van der Waals surface area contributed by atoms with Gasteiger partial charge in [-0.3, -0.25) is 4.79 Å². The number of aryl methyl sites for hydroxylation is 2. The molecule has 0 amide bonds. The van der Waals surface area contributed by atoms with Crippen LogP contribution in [0.3, 0.4) is 0 Å². The summed E-state index contributed by atoms with van der Waals surface area (Å²) in [5, 5.41) is 0.880. The number of sulfonamides is 1. The molecule has 4 aromatic rings. The van der Waals surface area contributed by atoms with Crippen molar-refractivity contribution in [3.8, 4) is 0 Å². The second-order valence-electron chi connectivity index (χ2n) is 8.67. The molecule has 1 atom stereocenters. The van der Waals surface area contributed by atoms with Gasteiger partial charge < -0.3 is 9.72 Å². The molecule has 1 N–H and O–H groups in total. The Balaban J connectivity index is 1.60. The molecule has 1 fully saturated rings. The monoisotopic (exact) mass is 498 g/mol. The van der Waals surface area contributed by atoms with Crippen molar-refractivity contribution in [2.24, 2.45) is 0 Å². The maximum Gasteiger partial charge on any atom is 0.252 e. The van der Waals surface area contributed by atoms with Crippen molar-refractivity contribution >= 4 is 43.7 Å². The minimum atomic E-state index is -3.99. The third-order valence-electron chi connectivity index (χ3n) is 6.35. The molecule has 34 heavy (non-hydrogen) atoms. The van der Waals surface area contributed by atoms with Crippen LogP contribution in [-0.4, -0.2) is 45.7 Å². The minimum Gasteiger partial charge on any atom is -0.377 e. The van der Waals surface area contributed by atoms with Crippen LogP contribution in [0.15, 0.2) is 46.1 Å². The first-order chi connectivity index (χ1) is 16.4. The summed E-state index contributed by atoms with van der Waals surface area (Å²) in [5.41, 5.74) is 3.47. The average molecular weight is 499 g/mol. The number of fused-ring (bicyclic) bond motifs is 2. The topological polar surface area (TPSA) is 105 Å². The lowest BCUT2D eigenvalue weighted by atomic mass is 10.1. The van der Waals surface area contributed by atoms with Crippen LogP contribution in [-0.2, 0) is 27.7 Å². The molecule has 1 aliphatic rings. The summed E-state index contributed by atoms with van der Waals surface area (Å²) in [5.74, 6) is 0. The summed E-state index contributed by atoms with van der Waals surface area (Å²) in [6.07, 6.45) is 2.32. The third kappa shape index (κ3) is 4.26. The first-order valence-corrected chi connectivity index (χ1v) is 13.5. The number of nitrogens with one attached hydrogen (secondary N) is 1. The van der Waals surface area contributed by atoms with Crippen LogP contribution in [0.5, 0.6) is 0 Å². The maximum atomic E-state index is 14.0. The van der Waals surface area contributed by atoms with E-state index in [2.05, 4.69) is 20.7 Å². The number of aromatic nitrogens is 3. The van der Waals surface area contributed by atoms with Gasteiger partial charge in [-0.2, -0.15) is 13.1 Å². The minimum absolute atomic E-state index is 0.0583. The Morgan fingerprint density at radius 1 is 1.21 bits per heavy atom. The summed E-state index contributed by atoms with van der Waals surface area (Å²) >= 11 is 0.985. The standard InChI is InChI=1S/C24H26N4O4S2/c1-3-16-7-9-20-17(11-16)12-18(24(29)25-20)13-28(14-19-5-4-10-32-19)34(30,31)23-15(2)6-8-21-22(23)27-33-26-21/h6-9,11-12,19H,3-5,10,13-14H2,1-2H3,(H,25,29). The number of benzene rings is 2. The molecule has 2 aromatic heterocycles. The molecule has 1 saturated heterocycles. The van der Waals surface area contributed by atoms with Gasteiger partial charge in [-0.05, 0) is 67.0 Å². The molecule has 2 aromatic carbocycles. The molecule has 0 saturated carbocycles. The van der Waals surface area contributed by atoms with Gasteiger partial charge in [-0.1, -0.05) is 19.1 Å². The van der Waals surface area contributed by atoms with Gasteiger partial charge in [-0.25, -0.2) is 8.42 Å². The molecule has 0 radical (unpaired) electrons. The maximum absolute atomic E-state index is 14.0. The highest BCUT2D eigenvalue weighted by atomic mass is 32.2. The van der Waals surface area contributed by atoms with E-state index in [9.17, 15) is 13.2 Å². The van der Waals surface area contributed by atoms with Gasteiger partial charge in [-0.15, -0.1) is 0 Å². The number of pyridine rings is 1. The van der Waals surface area contributed by atoms with Gasteiger partial charge >= 0.3 is 0 Å². The third-order valence-corrected chi connectivity index (χ3v) is 8.88. The van der Waals surface area contributed by atoms with Crippen molar-refractivity contribution < 1.29 is 13.2 Å². The Labute approximate surface area is 202 Å². The van der Waals surface area contributed by atoms with Crippen LogP contribution in [0.1, 0.15) is 36.5 Å². The lowest BCUT2D eigenvalue weighted by molar-refractivity contribution is 0.0925. The average Bonchev–Trinajstić information content (AvgIpc) is 3.50. The van der Waals surface area contributed by atoms with Gasteiger partial charge in [0.25, 0.3) is 5.56 Å². The number of hydrogen-bond acceptors (Lipinski definition) is 7. The van der Waals surface area contributed by atoms with Crippen LogP contribution < -0.4 is 5.56 Å². The fourth-order valence-corrected chi connectivity index (χ4v) is 6.87. The van der Waals surface area contributed by atoms with Crippen molar-refractivity contribution in [3.05, 3.63) is 63.4 Å². The smallest absolute Gasteiger partial charge is 0.252 e. The highest BCUT2D eigenvalue weighted by Crippen LogP contribution is 2.30. The quantitative estimate of drug-likeness (QED) is 0.416. The number of aromatic amines is 1. The molecular weight excluding hydrogens is 472 g/mol. The Morgan fingerprint density at radius 2 is 2.06 bits per heavy atom. The van der Waals surface area contributed by atoms with Crippen molar-refractivity contribution in [1.82, 2.24) is 18.0 Å². The second-order valence-corrected chi connectivity index (χ2v) is 11.1. The molecule has 10 heteroatoms. The van der Waals surface area contributed by atoms with E-state index in [4.69, 9.17) is 4.74 Å². The Morgan fingerprint density at radius 3 is 2.82 bits per heavy atom. The number of H-pyrrole nitrogens is 1. The fraction of sp³-hybridized carbons (Fsp3) is 0.375. The van der Waals surface area contributed by atoms with E-state index in [0.717, 1.165) is 47.5 Å². The Hall–Kier alpha value is -2.66. The van der Waals surface area contributed by atoms with E-state index in [1.54, 1.807) is 25.1 Å². The molecule has 0 spiro atoms. The van der Waals surface area contributed by atoms with Gasteiger partial charge in [0.05, 0.1) is 17.8 Å². The summed E-state index contributed by atoms with van der Waals surface area (Å²) in [4.78, 5) is 16.0. The molecule has 1 unspecified atom stereocenters. The zero-order chi connectivity index (χ0) is 23.9. The summed E-state index contributed by atoms with van der Waals surface area (Å²) < 4.78 is 43.7. The van der Waals surface area contributed by atoms with E-state index >= 15 is 0 Å². The van der Waals surface area contributed by atoms with Gasteiger partial charge in [0.2, 0.25) is 10.0 Å². The largest absolute Gasteiger partial charge is 0.377 e. The van der Waals surface area contributed by atoms with E-state index in [-0.39, 0.29) is 29.6 Å².